The van der Waals surface area contributed by atoms with Crippen molar-refractivity contribution in [1.29, 1.82) is 0 Å². The summed E-state index contributed by atoms with van der Waals surface area (Å²) < 4.78 is 43.6. The molecule has 0 spiro atoms. The fourth-order valence-electron chi connectivity index (χ4n) is 4.48. The Bertz CT molecular complexity index is 1430. The summed E-state index contributed by atoms with van der Waals surface area (Å²) in [6.45, 7) is 6.68. The average molecular weight is 498 g/mol. The fourth-order valence-corrected chi connectivity index (χ4v) is 4.48. The highest BCUT2D eigenvalue weighted by molar-refractivity contribution is 5.79. The highest BCUT2D eigenvalue weighted by Gasteiger charge is 2.27. The van der Waals surface area contributed by atoms with Crippen LogP contribution in [0.4, 0.5) is 24.9 Å². The fraction of sp³-hybridized carbons (Fsp3) is 0.360. The van der Waals surface area contributed by atoms with E-state index in [9.17, 15) is 18.3 Å². The van der Waals surface area contributed by atoms with Gasteiger partial charge in [0.15, 0.2) is 23.1 Å². The van der Waals surface area contributed by atoms with E-state index in [2.05, 4.69) is 30.3 Å². The molecule has 1 aliphatic rings. The van der Waals surface area contributed by atoms with Crippen molar-refractivity contribution < 1.29 is 18.3 Å². The van der Waals surface area contributed by atoms with Crippen molar-refractivity contribution in [3.8, 4) is 11.1 Å². The molecule has 1 aliphatic heterocycles. The van der Waals surface area contributed by atoms with Crippen LogP contribution in [0.15, 0.2) is 36.7 Å². The van der Waals surface area contributed by atoms with Gasteiger partial charge in [-0.05, 0) is 57.9 Å². The number of hydrogen-bond acceptors (Lipinski definition) is 7. The normalized spacial score (nSPS) is 15.0. The zero-order valence-electron chi connectivity index (χ0n) is 20.1. The number of benzene rings is 1. The van der Waals surface area contributed by atoms with Crippen molar-refractivity contribution in [1.82, 2.24) is 24.6 Å². The maximum atomic E-state index is 14.6. The lowest BCUT2D eigenvalue weighted by Gasteiger charge is -2.32. The Morgan fingerprint density at radius 2 is 1.72 bits per heavy atom. The van der Waals surface area contributed by atoms with Crippen LogP contribution in [-0.4, -0.2) is 48.8 Å². The van der Waals surface area contributed by atoms with E-state index in [1.165, 1.54) is 16.6 Å². The van der Waals surface area contributed by atoms with E-state index in [4.69, 9.17) is 0 Å². The second kappa shape index (κ2) is 9.05. The number of aliphatic hydroxyl groups is 1. The molecule has 0 amide bonds. The van der Waals surface area contributed by atoms with Gasteiger partial charge in [-0.1, -0.05) is 0 Å². The highest BCUT2D eigenvalue weighted by Crippen LogP contribution is 2.32. The maximum Gasteiger partial charge on any atom is 0.243 e. The molecule has 0 aliphatic carbocycles. The number of piperidine rings is 1. The van der Waals surface area contributed by atoms with Crippen LogP contribution in [0.1, 0.15) is 38.1 Å². The van der Waals surface area contributed by atoms with E-state index >= 15 is 0 Å². The number of hydrogen-bond donors (Lipinski definition) is 2. The van der Waals surface area contributed by atoms with Crippen molar-refractivity contribution in [2.45, 2.75) is 45.3 Å². The van der Waals surface area contributed by atoms with Gasteiger partial charge in [0, 0.05) is 42.0 Å². The van der Waals surface area contributed by atoms with Crippen LogP contribution in [-0.2, 0) is 5.60 Å². The maximum absolute atomic E-state index is 14.6. The standard InChI is InChI=1S/C25H26F3N7O/c1-14-12-20(30-13-29-14)34-10-8-15(9-11-34)31-24-32-23-17(16-4-6-18(26)22(28)21(16)27)5-7-19(25(2,3)36)35(23)33-24/h4-7,12-13,15,36H,8-11H2,1-3H3,(H,31,33). The van der Waals surface area contributed by atoms with Crippen molar-refractivity contribution in [2.75, 3.05) is 23.3 Å². The number of anilines is 2. The summed E-state index contributed by atoms with van der Waals surface area (Å²) in [6.07, 6.45) is 3.17. The third-order valence-electron chi connectivity index (χ3n) is 6.38. The minimum Gasteiger partial charge on any atom is -0.384 e. The van der Waals surface area contributed by atoms with Crippen LogP contribution >= 0.6 is 0 Å². The molecule has 1 fully saturated rings. The van der Waals surface area contributed by atoms with Gasteiger partial charge >= 0.3 is 0 Å². The van der Waals surface area contributed by atoms with Crippen LogP contribution in [0.5, 0.6) is 0 Å². The average Bonchev–Trinajstić information content (AvgIpc) is 3.25. The minimum absolute atomic E-state index is 0.0793. The van der Waals surface area contributed by atoms with Crippen molar-refractivity contribution >= 4 is 17.4 Å². The Hall–Kier alpha value is -3.73. The first-order valence-electron chi connectivity index (χ1n) is 11.7. The zero-order chi connectivity index (χ0) is 25.6. The van der Waals surface area contributed by atoms with Crippen molar-refractivity contribution in [3.05, 3.63) is 65.5 Å². The quantitative estimate of drug-likeness (QED) is 0.399. The van der Waals surface area contributed by atoms with Crippen LogP contribution in [0.25, 0.3) is 16.8 Å². The predicted molar refractivity (Wildman–Crippen MR) is 129 cm³/mol. The van der Waals surface area contributed by atoms with Gasteiger partial charge in [0.2, 0.25) is 5.95 Å². The lowest BCUT2D eigenvalue weighted by molar-refractivity contribution is 0.0715. The number of fused-ring (bicyclic) bond motifs is 1. The molecular weight excluding hydrogens is 471 g/mol. The second-order valence-electron chi connectivity index (χ2n) is 9.51. The molecule has 1 aromatic carbocycles. The van der Waals surface area contributed by atoms with E-state index in [-0.39, 0.29) is 22.8 Å². The van der Waals surface area contributed by atoms with E-state index in [1.54, 1.807) is 26.2 Å². The number of rotatable bonds is 5. The second-order valence-corrected chi connectivity index (χ2v) is 9.51. The minimum atomic E-state index is -1.55. The summed E-state index contributed by atoms with van der Waals surface area (Å²) in [5.74, 6) is -2.95. The molecule has 36 heavy (non-hydrogen) atoms. The van der Waals surface area contributed by atoms with Gasteiger partial charge in [0.25, 0.3) is 0 Å². The molecule has 0 bridgehead atoms. The number of pyridine rings is 1. The van der Waals surface area contributed by atoms with Crippen LogP contribution < -0.4 is 10.2 Å². The number of aryl methyl sites for hydroxylation is 1. The molecule has 1 saturated heterocycles. The number of nitrogens with one attached hydrogen (secondary N) is 1. The van der Waals surface area contributed by atoms with Crippen molar-refractivity contribution in [3.63, 3.8) is 0 Å². The topological polar surface area (TPSA) is 91.5 Å². The van der Waals surface area contributed by atoms with Gasteiger partial charge in [-0.3, -0.25) is 0 Å². The Morgan fingerprint density at radius 1 is 1.00 bits per heavy atom. The van der Waals surface area contributed by atoms with Gasteiger partial charge in [-0.2, -0.15) is 4.98 Å². The monoisotopic (exact) mass is 497 g/mol. The first kappa shape index (κ1) is 24.0. The van der Waals surface area contributed by atoms with Gasteiger partial charge in [-0.15, -0.1) is 5.10 Å². The molecule has 0 atom stereocenters. The summed E-state index contributed by atoms with van der Waals surface area (Å²) in [6, 6.07) is 7.17. The molecular formula is C25H26F3N7O. The number of halogens is 3. The lowest BCUT2D eigenvalue weighted by atomic mass is 10.0. The first-order valence-corrected chi connectivity index (χ1v) is 11.7. The van der Waals surface area contributed by atoms with Crippen LogP contribution in [0.2, 0.25) is 0 Å². The van der Waals surface area contributed by atoms with Gasteiger partial charge in [0.05, 0.1) is 5.69 Å². The summed E-state index contributed by atoms with van der Waals surface area (Å²) in [5.41, 5.74) is 0.345. The third-order valence-corrected chi connectivity index (χ3v) is 6.38. The Kier molecular flexibility index (Phi) is 6.03. The van der Waals surface area contributed by atoms with Crippen LogP contribution in [0.3, 0.4) is 0 Å². The smallest absolute Gasteiger partial charge is 0.243 e. The van der Waals surface area contributed by atoms with Gasteiger partial charge in [-0.25, -0.2) is 27.7 Å². The Labute approximate surface area is 205 Å². The molecule has 5 rings (SSSR count). The number of aromatic nitrogens is 5. The molecule has 2 N–H and O–H groups in total. The van der Waals surface area contributed by atoms with E-state index in [1.807, 2.05) is 13.0 Å². The predicted octanol–water partition coefficient (Wildman–Crippen LogP) is 4.22. The summed E-state index contributed by atoms with van der Waals surface area (Å²) >= 11 is 0. The zero-order valence-corrected chi connectivity index (χ0v) is 20.1. The Balaban J connectivity index is 1.45. The molecule has 11 heteroatoms. The lowest BCUT2D eigenvalue weighted by Crippen LogP contribution is -2.39. The van der Waals surface area contributed by atoms with Crippen LogP contribution in [0, 0.1) is 24.4 Å². The molecule has 3 aromatic heterocycles. The third kappa shape index (κ3) is 4.46. The molecule has 4 aromatic rings. The summed E-state index contributed by atoms with van der Waals surface area (Å²) in [5, 5.41) is 18.5. The Morgan fingerprint density at radius 3 is 2.42 bits per heavy atom. The number of nitrogens with zero attached hydrogens (tertiary/aromatic N) is 6. The first-order chi connectivity index (χ1) is 17.1. The van der Waals surface area contributed by atoms with Crippen molar-refractivity contribution in [2.24, 2.45) is 0 Å². The SMILES string of the molecule is Cc1cc(N2CCC(Nc3nc4c(-c5ccc(F)c(F)c5F)ccc(C(C)(C)O)n4n3)CC2)ncn1. The summed E-state index contributed by atoms with van der Waals surface area (Å²) in [4.78, 5) is 15.2. The largest absolute Gasteiger partial charge is 0.384 e. The van der Waals surface area contributed by atoms with E-state index in [0.717, 1.165) is 43.5 Å². The van der Waals surface area contributed by atoms with E-state index in [0.29, 0.717) is 11.6 Å². The highest BCUT2D eigenvalue weighted by atomic mass is 19.2. The summed E-state index contributed by atoms with van der Waals surface area (Å²) in [7, 11) is 0. The molecule has 188 valence electrons. The molecule has 0 unspecified atom stereocenters. The molecule has 8 nitrogen and oxygen atoms in total. The molecule has 4 heterocycles. The van der Waals surface area contributed by atoms with Gasteiger partial charge in [0.1, 0.15) is 17.7 Å². The molecule has 0 saturated carbocycles. The van der Waals surface area contributed by atoms with E-state index < -0.39 is 23.1 Å². The van der Waals surface area contributed by atoms with Gasteiger partial charge < -0.3 is 15.3 Å². The molecule has 0 radical (unpaired) electrons.